The van der Waals surface area contributed by atoms with Crippen LogP contribution in [0.4, 0.5) is 5.69 Å². The van der Waals surface area contributed by atoms with Gasteiger partial charge in [0, 0.05) is 5.69 Å². The molecule has 0 aliphatic carbocycles. The number of hydrogen-bond acceptors (Lipinski definition) is 4. The summed E-state index contributed by atoms with van der Waals surface area (Å²) >= 11 is 6.04. The highest BCUT2D eigenvalue weighted by molar-refractivity contribution is 7.89. The Morgan fingerprint density at radius 2 is 1.70 bits per heavy atom. The van der Waals surface area contributed by atoms with Crippen LogP contribution in [-0.4, -0.2) is 27.5 Å². The van der Waals surface area contributed by atoms with Crippen molar-refractivity contribution in [3.8, 4) is 5.75 Å². The van der Waals surface area contributed by atoms with E-state index in [4.69, 9.17) is 16.3 Å². The summed E-state index contributed by atoms with van der Waals surface area (Å²) < 4.78 is 33.0. The molecule has 146 valence electrons. The van der Waals surface area contributed by atoms with Gasteiger partial charge in [0.05, 0.1) is 23.1 Å². The van der Waals surface area contributed by atoms with Gasteiger partial charge in [-0.25, -0.2) is 8.42 Å². The number of anilines is 1. The third-order valence-corrected chi connectivity index (χ3v) is 6.16. The number of aryl methyl sites for hydroxylation is 3. The van der Waals surface area contributed by atoms with E-state index in [1.165, 1.54) is 20.1 Å². The Bertz CT molecular complexity index is 951. The fourth-order valence-corrected chi connectivity index (χ4v) is 4.84. The van der Waals surface area contributed by atoms with E-state index in [1.54, 1.807) is 38.1 Å². The predicted octanol–water partition coefficient (Wildman–Crippen LogP) is 3.58. The number of methoxy groups -OCH3 is 1. The zero-order valence-corrected chi connectivity index (χ0v) is 17.5. The quantitative estimate of drug-likeness (QED) is 0.762. The molecule has 2 aromatic rings. The summed E-state index contributed by atoms with van der Waals surface area (Å²) in [6.45, 7) is 6.86. The molecule has 0 bridgehead atoms. The van der Waals surface area contributed by atoms with Gasteiger partial charge in [-0.1, -0.05) is 29.3 Å². The van der Waals surface area contributed by atoms with Crippen molar-refractivity contribution in [2.75, 3.05) is 12.4 Å². The van der Waals surface area contributed by atoms with Crippen molar-refractivity contribution < 1.29 is 17.9 Å². The lowest BCUT2D eigenvalue weighted by atomic mass is 10.1. The number of ether oxygens (including phenoxy) is 1. The van der Waals surface area contributed by atoms with E-state index in [2.05, 4.69) is 10.0 Å². The van der Waals surface area contributed by atoms with Crippen molar-refractivity contribution >= 4 is 33.2 Å². The highest BCUT2D eigenvalue weighted by Crippen LogP contribution is 2.27. The second-order valence-electron chi connectivity index (χ2n) is 6.41. The average molecular weight is 411 g/mol. The molecule has 2 N–H and O–H groups in total. The molecule has 1 amide bonds. The molecule has 0 saturated carbocycles. The largest absolute Gasteiger partial charge is 0.495 e. The molecular weight excluding hydrogens is 388 g/mol. The number of carbonyl (C=O) groups is 1. The fourth-order valence-electron chi connectivity index (χ4n) is 2.93. The Labute approximate surface area is 164 Å². The molecule has 0 heterocycles. The zero-order valence-electron chi connectivity index (χ0n) is 15.9. The lowest BCUT2D eigenvalue weighted by molar-refractivity contribution is -0.117. The maximum atomic E-state index is 12.8. The first kappa shape index (κ1) is 21.2. The van der Waals surface area contributed by atoms with E-state index >= 15 is 0 Å². The number of nitrogens with one attached hydrogen (secondary N) is 2. The summed E-state index contributed by atoms with van der Waals surface area (Å²) in [5, 5.41) is 2.98. The third-order valence-electron chi connectivity index (χ3n) is 4.02. The highest BCUT2D eigenvalue weighted by atomic mass is 35.5. The zero-order chi connectivity index (χ0) is 20.4. The van der Waals surface area contributed by atoms with Gasteiger partial charge in [-0.3, -0.25) is 4.79 Å². The van der Waals surface area contributed by atoms with Crippen molar-refractivity contribution in [3.05, 3.63) is 52.0 Å². The number of carbonyl (C=O) groups excluding carboxylic acids is 1. The average Bonchev–Trinajstić information content (AvgIpc) is 2.53. The minimum absolute atomic E-state index is 0.195. The van der Waals surface area contributed by atoms with E-state index in [0.29, 0.717) is 27.6 Å². The molecule has 2 aromatic carbocycles. The first-order chi connectivity index (χ1) is 12.5. The molecule has 0 aromatic heterocycles. The van der Waals surface area contributed by atoms with Crippen LogP contribution >= 0.6 is 11.6 Å². The molecule has 0 radical (unpaired) electrons. The van der Waals surface area contributed by atoms with E-state index in [-0.39, 0.29) is 4.90 Å². The minimum Gasteiger partial charge on any atom is -0.495 e. The van der Waals surface area contributed by atoms with Gasteiger partial charge in [0.25, 0.3) is 0 Å². The Hall–Kier alpha value is -2.09. The van der Waals surface area contributed by atoms with Gasteiger partial charge < -0.3 is 10.1 Å². The fraction of sp³-hybridized carbons (Fsp3) is 0.316. The summed E-state index contributed by atoms with van der Waals surface area (Å²) in [4.78, 5) is 12.6. The van der Waals surface area contributed by atoms with E-state index in [0.717, 1.165) is 5.56 Å². The molecule has 0 aliphatic heterocycles. The summed E-state index contributed by atoms with van der Waals surface area (Å²) in [7, 11) is -2.36. The standard InChI is InChI=1S/C19H23ClN2O4S/c1-11-8-12(2)18(13(3)9-11)27(24,25)22-14(4)19(23)21-15-6-7-17(26-5)16(20)10-15/h6-10,14,22H,1-5H3,(H,21,23). The van der Waals surface area contributed by atoms with Crippen LogP contribution in [0, 0.1) is 20.8 Å². The molecule has 0 saturated heterocycles. The molecular formula is C19H23ClN2O4S. The van der Waals surface area contributed by atoms with E-state index < -0.39 is 22.0 Å². The molecule has 0 aliphatic rings. The van der Waals surface area contributed by atoms with Crippen LogP contribution in [0.5, 0.6) is 5.75 Å². The normalized spacial score (nSPS) is 12.5. The summed E-state index contributed by atoms with van der Waals surface area (Å²) in [5.41, 5.74) is 2.69. The molecule has 2 rings (SSSR count). The SMILES string of the molecule is COc1ccc(NC(=O)C(C)NS(=O)(=O)c2c(C)cc(C)cc2C)cc1Cl. The second-order valence-corrected chi connectivity index (χ2v) is 8.47. The summed E-state index contributed by atoms with van der Waals surface area (Å²) in [6, 6.07) is 7.39. The van der Waals surface area contributed by atoms with Crippen molar-refractivity contribution in [3.63, 3.8) is 0 Å². The van der Waals surface area contributed by atoms with Gasteiger partial charge in [0.15, 0.2) is 0 Å². The molecule has 27 heavy (non-hydrogen) atoms. The summed E-state index contributed by atoms with van der Waals surface area (Å²) in [6.07, 6.45) is 0. The second kappa shape index (κ2) is 8.29. The Morgan fingerprint density at radius 3 is 2.22 bits per heavy atom. The maximum Gasteiger partial charge on any atom is 0.242 e. The van der Waals surface area contributed by atoms with Crippen molar-refractivity contribution in [1.29, 1.82) is 0 Å². The van der Waals surface area contributed by atoms with Gasteiger partial charge in [0.1, 0.15) is 5.75 Å². The van der Waals surface area contributed by atoms with Crippen LogP contribution < -0.4 is 14.8 Å². The monoisotopic (exact) mass is 410 g/mol. The molecule has 1 atom stereocenters. The molecule has 0 spiro atoms. The minimum atomic E-state index is -3.85. The Morgan fingerprint density at radius 1 is 1.11 bits per heavy atom. The van der Waals surface area contributed by atoms with Crippen molar-refractivity contribution in [2.24, 2.45) is 0 Å². The van der Waals surface area contributed by atoms with Crippen molar-refractivity contribution in [1.82, 2.24) is 4.72 Å². The molecule has 1 unspecified atom stereocenters. The smallest absolute Gasteiger partial charge is 0.242 e. The lowest BCUT2D eigenvalue weighted by Crippen LogP contribution is -2.41. The number of benzene rings is 2. The number of amides is 1. The summed E-state index contributed by atoms with van der Waals surface area (Å²) in [5.74, 6) is -0.0176. The van der Waals surface area contributed by atoms with E-state index in [1.807, 2.05) is 6.92 Å². The van der Waals surface area contributed by atoms with Crippen LogP contribution in [0.15, 0.2) is 35.2 Å². The predicted molar refractivity (Wildman–Crippen MR) is 107 cm³/mol. The van der Waals surface area contributed by atoms with Crippen LogP contribution in [0.3, 0.4) is 0 Å². The van der Waals surface area contributed by atoms with Gasteiger partial charge >= 0.3 is 0 Å². The first-order valence-corrected chi connectivity index (χ1v) is 10.2. The van der Waals surface area contributed by atoms with Gasteiger partial charge in [-0.05, 0) is 57.0 Å². The number of rotatable bonds is 6. The highest BCUT2D eigenvalue weighted by Gasteiger charge is 2.25. The maximum absolute atomic E-state index is 12.8. The van der Waals surface area contributed by atoms with Gasteiger partial charge in [-0.2, -0.15) is 4.72 Å². The van der Waals surface area contributed by atoms with Crippen LogP contribution in [0.2, 0.25) is 5.02 Å². The topological polar surface area (TPSA) is 84.5 Å². The van der Waals surface area contributed by atoms with E-state index in [9.17, 15) is 13.2 Å². The third kappa shape index (κ3) is 5.00. The van der Waals surface area contributed by atoms with Crippen LogP contribution in [0.1, 0.15) is 23.6 Å². The number of hydrogen-bond donors (Lipinski definition) is 2. The van der Waals surface area contributed by atoms with Crippen LogP contribution in [0.25, 0.3) is 0 Å². The Kier molecular flexibility index (Phi) is 6.51. The van der Waals surface area contributed by atoms with Crippen molar-refractivity contribution in [2.45, 2.75) is 38.6 Å². The van der Waals surface area contributed by atoms with Gasteiger partial charge in [-0.15, -0.1) is 0 Å². The van der Waals surface area contributed by atoms with Crippen LogP contribution in [-0.2, 0) is 14.8 Å². The molecule has 8 heteroatoms. The number of halogens is 1. The first-order valence-electron chi connectivity index (χ1n) is 8.29. The van der Waals surface area contributed by atoms with Gasteiger partial charge in [0.2, 0.25) is 15.9 Å². The lowest BCUT2D eigenvalue weighted by Gasteiger charge is -2.17. The number of sulfonamides is 1. The molecule has 6 nitrogen and oxygen atoms in total. The Balaban J connectivity index is 2.17. The molecule has 0 fully saturated rings.